The summed E-state index contributed by atoms with van der Waals surface area (Å²) >= 11 is 0. The van der Waals surface area contributed by atoms with Gasteiger partial charge in [-0.05, 0) is 25.0 Å². The summed E-state index contributed by atoms with van der Waals surface area (Å²) in [5, 5.41) is 11.9. The number of anilines is 1. The number of halogens is 3. The Bertz CT molecular complexity index is 1040. The highest BCUT2D eigenvalue weighted by Crippen LogP contribution is 2.20. The van der Waals surface area contributed by atoms with Crippen LogP contribution in [0.3, 0.4) is 0 Å². The van der Waals surface area contributed by atoms with Gasteiger partial charge in [0.15, 0.2) is 0 Å². The van der Waals surface area contributed by atoms with Crippen molar-refractivity contribution < 1.29 is 18.0 Å². The molecular weight excluding hydrogens is 411 g/mol. The normalized spacial score (nSPS) is 16.6. The maximum atomic E-state index is 12.5. The number of amides is 1. The Balaban J connectivity index is 1.31. The SMILES string of the molecule is CC(Cc1c[nH]c2ccccc12)NC(=O)c1nnc(N2CCN(CC(F)(F)F)CC2)[nH]1. The summed E-state index contributed by atoms with van der Waals surface area (Å²) in [7, 11) is 0. The largest absolute Gasteiger partial charge is 0.401 e. The zero-order chi connectivity index (χ0) is 22.0. The minimum absolute atomic E-state index is 0.0819. The van der Waals surface area contributed by atoms with Crippen LogP contribution in [0.25, 0.3) is 10.9 Å². The molecule has 2 aromatic heterocycles. The maximum absolute atomic E-state index is 12.5. The quantitative estimate of drug-likeness (QED) is 0.553. The van der Waals surface area contributed by atoms with Crippen LogP contribution in [0.15, 0.2) is 30.5 Å². The summed E-state index contributed by atoms with van der Waals surface area (Å²) in [4.78, 5) is 21.8. The molecule has 31 heavy (non-hydrogen) atoms. The van der Waals surface area contributed by atoms with Crippen molar-refractivity contribution in [3.63, 3.8) is 0 Å². The molecule has 0 saturated carbocycles. The lowest BCUT2D eigenvalue weighted by Gasteiger charge is -2.34. The first-order chi connectivity index (χ1) is 14.8. The van der Waals surface area contributed by atoms with Crippen LogP contribution in [0.2, 0.25) is 0 Å². The smallest absolute Gasteiger partial charge is 0.361 e. The number of aromatic amines is 2. The van der Waals surface area contributed by atoms with Gasteiger partial charge in [-0.25, -0.2) is 0 Å². The number of piperazine rings is 1. The number of aromatic nitrogens is 4. The van der Waals surface area contributed by atoms with Crippen molar-refractivity contribution in [2.45, 2.75) is 25.6 Å². The molecule has 4 rings (SSSR count). The summed E-state index contributed by atoms with van der Waals surface area (Å²) in [6.45, 7) is 2.29. The molecule has 0 radical (unpaired) electrons. The zero-order valence-corrected chi connectivity index (χ0v) is 17.0. The fraction of sp³-hybridized carbons (Fsp3) is 0.450. The molecule has 1 amide bonds. The Morgan fingerprint density at radius 2 is 1.94 bits per heavy atom. The van der Waals surface area contributed by atoms with E-state index in [1.165, 1.54) is 4.90 Å². The van der Waals surface area contributed by atoms with Crippen LogP contribution in [-0.4, -0.2) is 75.9 Å². The van der Waals surface area contributed by atoms with Gasteiger partial charge in [-0.2, -0.15) is 13.2 Å². The van der Waals surface area contributed by atoms with Crippen molar-refractivity contribution in [1.82, 2.24) is 30.4 Å². The molecule has 3 N–H and O–H groups in total. The lowest BCUT2D eigenvalue weighted by atomic mass is 10.1. The van der Waals surface area contributed by atoms with E-state index >= 15 is 0 Å². The summed E-state index contributed by atoms with van der Waals surface area (Å²) in [6, 6.07) is 7.84. The van der Waals surface area contributed by atoms with E-state index in [0.717, 1.165) is 16.5 Å². The van der Waals surface area contributed by atoms with E-state index in [2.05, 4.69) is 25.5 Å². The average Bonchev–Trinajstić information content (AvgIpc) is 3.35. The molecule has 166 valence electrons. The Morgan fingerprint density at radius 3 is 2.68 bits per heavy atom. The predicted molar refractivity (Wildman–Crippen MR) is 110 cm³/mol. The lowest BCUT2D eigenvalue weighted by Crippen LogP contribution is -2.49. The molecule has 3 heterocycles. The number of carbonyl (C=O) groups excluding carboxylic acids is 1. The number of benzene rings is 1. The standard InChI is InChI=1S/C20H24F3N7O/c1-13(10-14-11-24-16-5-3-2-4-15(14)16)25-18(31)17-26-19(28-27-17)30-8-6-29(7-9-30)12-20(21,22)23/h2-5,11,13,24H,6-10,12H2,1H3,(H,25,31)(H,26,27,28). The fourth-order valence-corrected chi connectivity index (χ4v) is 3.84. The van der Waals surface area contributed by atoms with Crippen LogP contribution in [0.1, 0.15) is 23.1 Å². The van der Waals surface area contributed by atoms with Crippen LogP contribution in [0.4, 0.5) is 19.1 Å². The van der Waals surface area contributed by atoms with Gasteiger partial charge < -0.3 is 20.2 Å². The third-order valence-electron chi connectivity index (χ3n) is 5.34. The van der Waals surface area contributed by atoms with E-state index in [9.17, 15) is 18.0 Å². The van der Waals surface area contributed by atoms with Crippen LogP contribution < -0.4 is 10.2 Å². The Hall–Kier alpha value is -3.08. The van der Waals surface area contributed by atoms with E-state index in [1.54, 1.807) is 4.90 Å². The molecule has 1 fully saturated rings. The van der Waals surface area contributed by atoms with Crippen molar-refractivity contribution >= 4 is 22.8 Å². The van der Waals surface area contributed by atoms with Gasteiger partial charge in [0.2, 0.25) is 11.8 Å². The van der Waals surface area contributed by atoms with Crippen LogP contribution in [0, 0.1) is 0 Å². The van der Waals surface area contributed by atoms with Crippen molar-refractivity contribution in [2.75, 3.05) is 37.6 Å². The van der Waals surface area contributed by atoms with Crippen LogP contribution in [0.5, 0.6) is 0 Å². The minimum atomic E-state index is -4.21. The summed E-state index contributed by atoms with van der Waals surface area (Å²) in [6.07, 6.45) is -1.61. The molecule has 1 aromatic carbocycles. The second-order valence-electron chi connectivity index (χ2n) is 7.81. The lowest BCUT2D eigenvalue weighted by molar-refractivity contribution is -0.146. The number of H-pyrrole nitrogens is 2. The predicted octanol–water partition coefficient (Wildman–Crippen LogP) is 2.33. The summed E-state index contributed by atoms with van der Waals surface area (Å²) in [5.74, 6) is 0.0985. The molecule has 3 aromatic rings. The van der Waals surface area contributed by atoms with E-state index < -0.39 is 12.7 Å². The Morgan fingerprint density at radius 1 is 1.19 bits per heavy atom. The van der Waals surface area contributed by atoms with Gasteiger partial charge in [0.25, 0.3) is 5.91 Å². The summed E-state index contributed by atoms with van der Waals surface area (Å²) < 4.78 is 37.6. The van der Waals surface area contributed by atoms with Gasteiger partial charge >= 0.3 is 6.18 Å². The second-order valence-corrected chi connectivity index (χ2v) is 7.81. The van der Waals surface area contributed by atoms with Crippen molar-refractivity contribution in [3.8, 4) is 0 Å². The van der Waals surface area contributed by atoms with Gasteiger partial charge in [0.05, 0.1) is 6.54 Å². The summed E-state index contributed by atoms with van der Waals surface area (Å²) in [5.41, 5.74) is 2.16. The van der Waals surface area contributed by atoms with Gasteiger partial charge in [-0.15, -0.1) is 10.2 Å². The molecule has 1 atom stereocenters. The molecule has 1 aliphatic heterocycles. The average molecular weight is 435 g/mol. The number of nitrogens with one attached hydrogen (secondary N) is 3. The first kappa shape index (κ1) is 21.2. The number of carbonyl (C=O) groups is 1. The minimum Gasteiger partial charge on any atom is -0.361 e. The number of para-hydroxylation sites is 1. The zero-order valence-electron chi connectivity index (χ0n) is 17.0. The van der Waals surface area contributed by atoms with Gasteiger partial charge in [-0.3, -0.25) is 9.69 Å². The monoisotopic (exact) mass is 435 g/mol. The van der Waals surface area contributed by atoms with Gasteiger partial charge in [0.1, 0.15) is 0 Å². The molecule has 1 unspecified atom stereocenters. The third-order valence-corrected chi connectivity index (χ3v) is 5.34. The molecule has 0 aliphatic carbocycles. The number of nitrogens with zero attached hydrogens (tertiary/aromatic N) is 4. The van der Waals surface area contributed by atoms with Crippen molar-refractivity contribution in [2.24, 2.45) is 0 Å². The highest BCUT2D eigenvalue weighted by molar-refractivity contribution is 5.91. The number of alkyl halides is 3. The molecule has 11 heteroatoms. The van der Waals surface area contributed by atoms with Crippen LogP contribution in [-0.2, 0) is 6.42 Å². The number of hydrogen-bond acceptors (Lipinski definition) is 5. The topological polar surface area (TPSA) is 92.9 Å². The Kier molecular flexibility index (Phi) is 5.86. The molecule has 0 bridgehead atoms. The molecule has 0 spiro atoms. The number of hydrogen-bond donors (Lipinski definition) is 3. The third kappa shape index (κ3) is 5.16. The number of rotatable bonds is 6. The Labute approximate surface area is 176 Å². The van der Waals surface area contributed by atoms with E-state index in [0.29, 0.717) is 25.5 Å². The van der Waals surface area contributed by atoms with Crippen molar-refractivity contribution in [3.05, 3.63) is 41.9 Å². The fourth-order valence-electron chi connectivity index (χ4n) is 3.84. The molecular formula is C20H24F3N7O. The highest BCUT2D eigenvalue weighted by Gasteiger charge is 2.32. The molecule has 1 saturated heterocycles. The molecule has 1 aliphatic rings. The van der Waals surface area contributed by atoms with E-state index in [4.69, 9.17) is 0 Å². The van der Waals surface area contributed by atoms with E-state index in [1.807, 2.05) is 37.4 Å². The molecule has 8 nitrogen and oxygen atoms in total. The van der Waals surface area contributed by atoms with E-state index in [-0.39, 0.29) is 30.9 Å². The van der Waals surface area contributed by atoms with Gasteiger partial charge in [-0.1, -0.05) is 18.2 Å². The maximum Gasteiger partial charge on any atom is 0.401 e. The first-order valence-corrected chi connectivity index (χ1v) is 10.1. The first-order valence-electron chi connectivity index (χ1n) is 10.1. The van der Waals surface area contributed by atoms with Gasteiger partial charge in [0, 0.05) is 49.3 Å². The second kappa shape index (κ2) is 8.58. The highest BCUT2D eigenvalue weighted by atomic mass is 19.4. The number of fused-ring (bicyclic) bond motifs is 1. The van der Waals surface area contributed by atoms with Crippen molar-refractivity contribution in [1.29, 1.82) is 0 Å². The van der Waals surface area contributed by atoms with Crippen LogP contribution >= 0.6 is 0 Å².